The molecule has 0 bridgehead atoms. The smallest absolute Gasteiger partial charge is 0.262 e. The number of amides is 2. The number of rotatable bonds is 9. The molecule has 2 heterocycles. The molecule has 3 aromatic rings. The van der Waals surface area contributed by atoms with Gasteiger partial charge in [-0.1, -0.05) is 18.2 Å². The average molecular weight is 477 g/mol. The summed E-state index contributed by atoms with van der Waals surface area (Å²) in [5.74, 6) is -0.142. The molecule has 1 N–H and O–H groups in total. The number of imide groups is 1. The van der Waals surface area contributed by atoms with E-state index in [0.717, 1.165) is 0 Å². The molecule has 8 nitrogen and oxygen atoms in total. The first-order valence-corrected chi connectivity index (χ1v) is 11.5. The van der Waals surface area contributed by atoms with E-state index in [1.54, 1.807) is 67.8 Å². The van der Waals surface area contributed by atoms with Crippen LogP contribution < -0.4 is 9.47 Å². The van der Waals surface area contributed by atoms with Gasteiger partial charge in [0.2, 0.25) is 5.91 Å². The molecule has 0 fully saturated rings. The molecule has 1 aromatic heterocycles. The lowest BCUT2D eigenvalue weighted by Gasteiger charge is -2.28. The molecule has 4 rings (SSSR count). The molecular weight excluding hydrogens is 448 g/mol. The van der Waals surface area contributed by atoms with Crippen molar-refractivity contribution in [3.05, 3.63) is 83.2 Å². The summed E-state index contributed by atoms with van der Waals surface area (Å²) in [5.41, 5.74) is 1.60. The molecule has 0 radical (unpaired) electrons. The van der Waals surface area contributed by atoms with E-state index in [1.165, 1.54) is 16.6 Å². The fourth-order valence-electron chi connectivity index (χ4n) is 4.44. The van der Waals surface area contributed by atoms with Crippen molar-refractivity contribution in [2.75, 3.05) is 13.7 Å². The highest BCUT2D eigenvalue weighted by atomic mass is 16.5. The topological polar surface area (TPSA) is 98.1 Å². The van der Waals surface area contributed by atoms with E-state index < -0.39 is 24.0 Å². The van der Waals surface area contributed by atoms with Crippen LogP contribution in [0.15, 0.2) is 60.9 Å². The third-order valence-corrected chi connectivity index (χ3v) is 6.02. The highest BCUT2D eigenvalue weighted by Crippen LogP contribution is 2.39. The first kappa shape index (κ1) is 24.2. The number of carbonyl (C=O) groups is 3. The Bertz CT molecular complexity index is 1250. The van der Waals surface area contributed by atoms with Gasteiger partial charge in [-0.15, -0.1) is 0 Å². The number of hydrogen-bond donors (Lipinski definition) is 1. The molecule has 1 aliphatic rings. The van der Waals surface area contributed by atoms with E-state index in [9.17, 15) is 19.5 Å². The van der Waals surface area contributed by atoms with Gasteiger partial charge in [-0.3, -0.25) is 23.9 Å². The summed E-state index contributed by atoms with van der Waals surface area (Å²) in [6.07, 6.45) is 2.62. The number of methoxy groups -OCH3 is 1. The van der Waals surface area contributed by atoms with Gasteiger partial charge in [0.25, 0.3) is 11.8 Å². The van der Waals surface area contributed by atoms with Crippen molar-refractivity contribution in [1.29, 1.82) is 0 Å². The normalized spacial score (nSPS) is 14.6. The standard InChI is InChI=1S/C27H28N2O6/c1-4-35-23-15-18(10-11-22(23)34-3)21(14-17(2)30)29-26(32)20-9-7-8-19(25(20)27(29)33)16-24(31)28-12-5-6-13-28/h5-13,15,17,21,30H,4,14,16H2,1-3H3. The maximum atomic E-state index is 13.7. The number of nitrogens with zero attached hydrogens (tertiary/aromatic N) is 2. The molecule has 2 aromatic carbocycles. The number of hydrogen-bond acceptors (Lipinski definition) is 6. The van der Waals surface area contributed by atoms with Crippen molar-refractivity contribution in [2.24, 2.45) is 0 Å². The van der Waals surface area contributed by atoms with Gasteiger partial charge in [-0.05, 0) is 61.7 Å². The van der Waals surface area contributed by atoms with Gasteiger partial charge in [0.05, 0.1) is 43.4 Å². The Morgan fingerprint density at radius 1 is 1.03 bits per heavy atom. The van der Waals surface area contributed by atoms with Gasteiger partial charge >= 0.3 is 0 Å². The van der Waals surface area contributed by atoms with Crippen molar-refractivity contribution in [2.45, 2.75) is 38.8 Å². The van der Waals surface area contributed by atoms with Crippen LogP contribution in [0.25, 0.3) is 0 Å². The summed E-state index contributed by atoms with van der Waals surface area (Å²) in [6.45, 7) is 3.87. The van der Waals surface area contributed by atoms with E-state index in [2.05, 4.69) is 0 Å². The zero-order valence-corrected chi connectivity index (χ0v) is 19.9. The van der Waals surface area contributed by atoms with Crippen LogP contribution in [0.4, 0.5) is 0 Å². The Morgan fingerprint density at radius 2 is 1.77 bits per heavy atom. The van der Waals surface area contributed by atoms with Crippen LogP contribution in [0.5, 0.6) is 11.5 Å². The lowest BCUT2D eigenvalue weighted by molar-refractivity contribution is 0.0523. The first-order chi connectivity index (χ1) is 16.8. The van der Waals surface area contributed by atoms with E-state index in [1.807, 2.05) is 6.92 Å². The van der Waals surface area contributed by atoms with Crippen molar-refractivity contribution < 1.29 is 29.0 Å². The maximum Gasteiger partial charge on any atom is 0.262 e. The fraction of sp³-hybridized carbons (Fsp3) is 0.296. The number of benzene rings is 2. The molecule has 2 amide bonds. The SMILES string of the molecule is CCOc1cc(C(CC(C)O)N2C(=O)c3cccc(CC(=O)n4cccc4)c3C2=O)ccc1OC. The molecule has 8 heteroatoms. The summed E-state index contributed by atoms with van der Waals surface area (Å²) in [5, 5.41) is 10.2. The molecule has 0 aliphatic carbocycles. The summed E-state index contributed by atoms with van der Waals surface area (Å²) in [7, 11) is 1.53. The predicted molar refractivity (Wildman–Crippen MR) is 129 cm³/mol. The number of aliphatic hydroxyl groups excluding tert-OH is 1. The number of fused-ring (bicyclic) bond motifs is 1. The summed E-state index contributed by atoms with van der Waals surface area (Å²) in [6, 6.07) is 12.9. The van der Waals surface area contributed by atoms with E-state index in [0.29, 0.717) is 29.2 Å². The second-order valence-electron chi connectivity index (χ2n) is 8.42. The molecule has 2 atom stereocenters. The molecule has 2 unspecified atom stereocenters. The summed E-state index contributed by atoms with van der Waals surface area (Å²) >= 11 is 0. The third-order valence-electron chi connectivity index (χ3n) is 6.02. The Balaban J connectivity index is 1.73. The van der Waals surface area contributed by atoms with Gasteiger partial charge in [-0.2, -0.15) is 0 Å². The van der Waals surface area contributed by atoms with Crippen LogP contribution in [-0.4, -0.2) is 52.1 Å². The molecular formula is C27H28N2O6. The van der Waals surface area contributed by atoms with Crippen LogP contribution in [0.3, 0.4) is 0 Å². The van der Waals surface area contributed by atoms with Gasteiger partial charge in [0.15, 0.2) is 11.5 Å². The van der Waals surface area contributed by atoms with Gasteiger partial charge < -0.3 is 14.6 Å². The van der Waals surface area contributed by atoms with Crippen molar-refractivity contribution in [3.63, 3.8) is 0 Å². The van der Waals surface area contributed by atoms with Crippen LogP contribution in [-0.2, 0) is 6.42 Å². The Labute approximate surface area is 203 Å². The number of carbonyl (C=O) groups excluding carboxylic acids is 3. The van der Waals surface area contributed by atoms with E-state index in [-0.39, 0.29) is 29.9 Å². The highest BCUT2D eigenvalue weighted by molar-refractivity contribution is 6.22. The number of ether oxygens (including phenoxy) is 2. The molecule has 0 spiro atoms. The van der Waals surface area contributed by atoms with E-state index in [4.69, 9.17) is 9.47 Å². The summed E-state index contributed by atoms with van der Waals surface area (Å²) in [4.78, 5) is 41.0. The molecule has 182 valence electrons. The third kappa shape index (κ3) is 4.70. The lowest BCUT2D eigenvalue weighted by Crippen LogP contribution is -2.36. The monoisotopic (exact) mass is 476 g/mol. The Kier molecular flexibility index (Phi) is 7.02. The van der Waals surface area contributed by atoms with Crippen molar-refractivity contribution in [1.82, 2.24) is 9.47 Å². The molecule has 0 saturated carbocycles. The minimum atomic E-state index is -0.781. The second-order valence-corrected chi connectivity index (χ2v) is 8.42. The predicted octanol–water partition coefficient (Wildman–Crippen LogP) is 3.89. The van der Waals surface area contributed by atoms with Crippen LogP contribution in [0, 0.1) is 0 Å². The molecule has 0 saturated heterocycles. The minimum absolute atomic E-state index is 0.0250. The fourth-order valence-corrected chi connectivity index (χ4v) is 4.44. The van der Waals surface area contributed by atoms with Gasteiger partial charge in [0.1, 0.15) is 0 Å². The van der Waals surface area contributed by atoms with Crippen molar-refractivity contribution >= 4 is 17.7 Å². The highest BCUT2D eigenvalue weighted by Gasteiger charge is 2.42. The van der Waals surface area contributed by atoms with Crippen LogP contribution in [0.1, 0.15) is 62.9 Å². The van der Waals surface area contributed by atoms with Crippen molar-refractivity contribution in [3.8, 4) is 11.5 Å². The average Bonchev–Trinajstić information content (AvgIpc) is 3.46. The quantitative estimate of drug-likeness (QED) is 0.471. The molecule has 35 heavy (non-hydrogen) atoms. The summed E-state index contributed by atoms with van der Waals surface area (Å²) < 4.78 is 12.5. The Hall–Kier alpha value is -3.91. The van der Waals surface area contributed by atoms with Crippen LogP contribution in [0.2, 0.25) is 0 Å². The number of aromatic nitrogens is 1. The number of aliphatic hydroxyl groups is 1. The van der Waals surface area contributed by atoms with E-state index >= 15 is 0 Å². The lowest BCUT2D eigenvalue weighted by atomic mass is 9.98. The largest absolute Gasteiger partial charge is 0.493 e. The zero-order chi connectivity index (χ0) is 25.1. The minimum Gasteiger partial charge on any atom is -0.493 e. The maximum absolute atomic E-state index is 13.7. The Morgan fingerprint density at radius 3 is 2.43 bits per heavy atom. The second kappa shape index (κ2) is 10.1. The van der Waals surface area contributed by atoms with Gasteiger partial charge in [0, 0.05) is 12.4 Å². The van der Waals surface area contributed by atoms with Crippen LogP contribution >= 0.6 is 0 Å². The zero-order valence-electron chi connectivity index (χ0n) is 19.9. The van der Waals surface area contributed by atoms with Gasteiger partial charge in [-0.25, -0.2) is 0 Å². The first-order valence-electron chi connectivity index (χ1n) is 11.5. The molecule has 1 aliphatic heterocycles.